The fraction of sp³-hybridized carbons (Fsp3) is 0.216. The Hall–Kier alpha value is -5.81. The van der Waals surface area contributed by atoms with E-state index in [9.17, 15) is 0 Å². The monoisotopic (exact) mass is 880 g/mol. The first-order valence-electron chi connectivity index (χ1n) is 19.9. The molecule has 0 atom stereocenters. The summed E-state index contributed by atoms with van der Waals surface area (Å²) in [5.74, 6) is 4.50. The minimum Gasteiger partial charge on any atom is -0.241 e. The molecule has 0 aliphatic rings. The first-order chi connectivity index (χ1) is 29.5. The van der Waals surface area contributed by atoms with E-state index in [1.807, 2.05) is 71.9 Å². The number of aromatic nitrogens is 6. The maximum absolute atomic E-state index is 5.86. The van der Waals surface area contributed by atoms with E-state index in [4.69, 9.17) is 11.6 Å². The molecule has 312 valence electrons. The molecule has 3 aromatic carbocycles. The van der Waals surface area contributed by atoms with Gasteiger partial charge in [0.15, 0.2) is 0 Å². The van der Waals surface area contributed by atoms with Gasteiger partial charge in [-0.1, -0.05) is 163 Å². The molecular formula is C51H53ClN6S3. The number of rotatable bonds is 3. The van der Waals surface area contributed by atoms with Crippen LogP contribution in [0.25, 0.3) is 62.8 Å². The third kappa shape index (κ3) is 15.0. The number of nitrogens with zero attached hydrogens (tertiary/aromatic N) is 6. The Balaban J connectivity index is 0.000000220. The van der Waals surface area contributed by atoms with Gasteiger partial charge in [-0.3, -0.25) is 0 Å². The smallest absolute Gasteiger partial charge is 0.145 e. The average Bonchev–Trinajstić information content (AvgIpc) is 4.01. The standard InChI is InChI=1S/2C14H12N2S.C13H9ClN2S.2C3H4.2C2H6/c2*1-9-3-6-11(7-4-9)13-16-12-8-5-10(2)15-14(12)17-13;1-8-2-4-9(5-3-8)12-15-10-6-7-11(14)16-13(10)17-12;2*1-3-2;2*1-2/h2*3-8H,1-2H3;2-7H,1H3;2*1H,2H3;2*1-2H3. The van der Waals surface area contributed by atoms with Gasteiger partial charge in [-0.15, -0.1) is 24.7 Å². The minimum atomic E-state index is 0.511. The van der Waals surface area contributed by atoms with Gasteiger partial charge in [-0.05, 0) is 84.9 Å². The summed E-state index contributed by atoms with van der Waals surface area (Å²) in [6.07, 6.45) is 9.19. The van der Waals surface area contributed by atoms with Gasteiger partial charge in [0, 0.05) is 28.1 Å². The second kappa shape index (κ2) is 25.7. The van der Waals surface area contributed by atoms with Crippen molar-refractivity contribution in [3.8, 4) is 56.4 Å². The molecule has 0 radical (unpaired) electrons. The van der Waals surface area contributed by atoms with Crippen molar-refractivity contribution in [2.75, 3.05) is 0 Å². The molecular weight excluding hydrogens is 828 g/mol. The molecule has 0 saturated heterocycles. The second-order valence-corrected chi connectivity index (χ2v) is 16.1. The van der Waals surface area contributed by atoms with E-state index in [-0.39, 0.29) is 0 Å². The molecule has 9 rings (SSSR count). The lowest BCUT2D eigenvalue weighted by Crippen LogP contribution is -1.78. The van der Waals surface area contributed by atoms with E-state index in [0.29, 0.717) is 5.15 Å². The van der Waals surface area contributed by atoms with Crippen LogP contribution in [0.2, 0.25) is 5.15 Å². The maximum Gasteiger partial charge on any atom is 0.145 e. The fourth-order valence-electron chi connectivity index (χ4n) is 5.07. The summed E-state index contributed by atoms with van der Waals surface area (Å²) in [6, 6.07) is 37.0. The van der Waals surface area contributed by atoms with Crippen LogP contribution in [0.1, 0.15) is 69.6 Å². The van der Waals surface area contributed by atoms with Gasteiger partial charge in [0.1, 0.15) is 51.2 Å². The van der Waals surface area contributed by atoms with E-state index in [1.54, 1.807) is 53.9 Å². The van der Waals surface area contributed by atoms with Gasteiger partial charge < -0.3 is 0 Å². The number of halogens is 1. The molecule has 6 heterocycles. The predicted molar refractivity (Wildman–Crippen MR) is 269 cm³/mol. The second-order valence-electron chi connectivity index (χ2n) is 12.7. The topological polar surface area (TPSA) is 77.3 Å². The molecule has 9 aromatic rings. The molecule has 0 bridgehead atoms. The summed E-state index contributed by atoms with van der Waals surface area (Å²) < 4.78 is 0. The normalized spacial score (nSPS) is 9.61. The Bertz CT molecular complexity index is 2490. The maximum atomic E-state index is 5.86. The Morgan fingerprint density at radius 3 is 0.951 bits per heavy atom. The highest BCUT2D eigenvalue weighted by atomic mass is 35.5. The molecule has 0 unspecified atom stereocenters. The third-order valence-corrected chi connectivity index (χ3v) is 11.2. The Morgan fingerprint density at radius 2 is 0.656 bits per heavy atom. The minimum absolute atomic E-state index is 0.511. The van der Waals surface area contributed by atoms with Crippen molar-refractivity contribution >= 4 is 76.7 Å². The van der Waals surface area contributed by atoms with Crippen molar-refractivity contribution in [3.05, 3.63) is 142 Å². The van der Waals surface area contributed by atoms with E-state index in [2.05, 4.69) is 148 Å². The highest BCUT2D eigenvalue weighted by molar-refractivity contribution is 7.22. The molecule has 0 amide bonds. The van der Waals surface area contributed by atoms with Gasteiger partial charge in [0.05, 0.1) is 0 Å². The highest BCUT2D eigenvalue weighted by Crippen LogP contribution is 2.32. The predicted octanol–water partition coefficient (Wildman–Crippen LogP) is 15.6. The van der Waals surface area contributed by atoms with Gasteiger partial charge >= 0.3 is 0 Å². The third-order valence-electron chi connectivity index (χ3n) is 7.91. The lowest BCUT2D eigenvalue weighted by molar-refractivity contribution is 1.26. The summed E-state index contributed by atoms with van der Waals surface area (Å²) in [7, 11) is 0. The van der Waals surface area contributed by atoms with Crippen LogP contribution in [-0.4, -0.2) is 29.9 Å². The van der Waals surface area contributed by atoms with Crippen molar-refractivity contribution in [2.24, 2.45) is 0 Å². The molecule has 0 N–H and O–H groups in total. The highest BCUT2D eigenvalue weighted by Gasteiger charge is 2.09. The molecule has 0 saturated carbocycles. The van der Waals surface area contributed by atoms with Crippen molar-refractivity contribution in [2.45, 2.75) is 76.2 Å². The zero-order valence-corrected chi connectivity index (χ0v) is 40.0. The Labute approximate surface area is 379 Å². The van der Waals surface area contributed by atoms with Crippen molar-refractivity contribution < 1.29 is 0 Å². The molecule has 6 aromatic heterocycles. The van der Waals surface area contributed by atoms with Crippen LogP contribution in [0.3, 0.4) is 0 Å². The summed E-state index contributed by atoms with van der Waals surface area (Å²) >= 11 is 10.7. The quantitative estimate of drug-likeness (QED) is 0.130. The summed E-state index contributed by atoms with van der Waals surface area (Å²) in [5, 5.41) is 3.57. The van der Waals surface area contributed by atoms with E-state index in [0.717, 1.165) is 74.1 Å². The van der Waals surface area contributed by atoms with Crippen LogP contribution in [0.5, 0.6) is 0 Å². The van der Waals surface area contributed by atoms with Crippen LogP contribution in [0, 0.1) is 59.3 Å². The number of benzene rings is 3. The molecule has 0 aliphatic heterocycles. The van der Waals surface area contributed by atoms with E-state index in [1.165, 1.54) is 16.7 Å². The van der Waals surface area contributed by atoms with E-state index < -0.39 is 0 Å². The Morgan fingerprint density at radius 1 is 0.393 bits per heavy atom. The van der Waals surface area contributed by atoms with Crippen LogP contribution < -0.4 is 0 Å². The van der Waals surface area contributed by atoms with Gasteiger partial charge in [-0.25, -0.2) is 29.9 Å². The number of thiazole rings is 3. The zero-order valence-electron chi connectivity index (χ0n) is 36.8. The zero-order chi connectivity index (χ0) is 44.9. The number of aryl methyl sites for hydroxylation is 5. The van der Waals surface area contributed by atoms with Crippen LogP contribution >= 0.6 is 45.6 Å². The molecule has 0 aliphatic carbocycles. The van der Waals surface area contributed by atoms with Crippen molar-refractivity contribution in [1.82, 2.24) is 29.9 Å². The number of hydrogen-bond acceptors (Lipinski definition) is 9. The largest absolute Gasteiger partial charge is 0.241 e. The lowest BCUT2D eigenvalue weighted by Gasteiger charge is -1.95. The number of hydrogen-bond donors (Lipinski definition) is 0. The summed E-state index contributed by atoms with van der Waals surface area (Å²) in [6.45, 7) is 21.6. The van der Waals surface area contributed by atoms with Gasteiger partial charge in [0.2, 0.25) is 0 Å². The molecule has 6 nitrogen and oxygen atoms in total. The first kappa shape index (κ1) is 49.6. The molecule has 61 heavy (non-hydrogen) atoms. The average molecular weight is 882 g/mol. The number of pyridine rings is 3. The molecule has 10 heteroatoms. The summed E-state index contributed by atoms with van der Waals surface area (Å²) in [4.78, 5) is 29.9. The van der Waals surface area contributed by atoms with Crippen LogP contribution in [0.4, 0.5) is 0 Å². The molecule has 0 spiro atoms. The van der Waals surface area contributed by atoms with Gasteiger partial charge in [0.25, 0.3) is 0 Å². The van der Waals surface area contributed by atoms with Crippen LogP contribution in [0.15, 0.2) is 109 Å². The first-order valence-corrected chi connectivity index (χ1v) is 22.7. The van der Waals surface area contributed by atoms with E-state index >= 15 is 0 Å². The van der Waals surface area contributed by atoms with Crippen LogP contribution in [-0.2, 0) is 0 Å². The lowest BCUT2D eigenvalue weighted by atomic mass is 10.2. The number of fused-ring (bicyclic) bond motifs is 3. The van der Waals surface area contributed by atoms with Crippen molar-refractivity contribution in [3.63, 3.8) is 0 Å². The van der Waals surface area contributed by atoms with Crippen molar-refractivity contribution in [1.29, 1.82) is 0 Å². The SMILES string of the molecule is C#CC.C#CC.CC.CC.Cc1ccc(-c2nc3ccc(C)nc3s2)cc1.Cc1ccc(-c2nc3ccc(C)nc3s2)cc1.Cc1ccc(-c2nc3ccc(Cl)nc3s2)cc1. The number of terminal acetylenes is 2. The summed E-state index contributed by atoms with van der Waals surface area (Å²) in [5.41, 5.74) is 12.2. The van der Waals surface area contributed by atoms with Gasteiger partial charge in [-0.2, -0.15) is 0 Å². The fourth-order valence-corrected chi connectivity index (χ4v) is 8.19. The molecule has 0 fully saturated rings. The Kier molecular flexibility index (Phi) is 20.9.